The zero-order valence-corrected chi connectivity index (χ0v) is 10.9. The van der Waals surface area contributed by atoms with Gasteiger partial charge in [-0.1, -0.05) is 0 Å². The average Bonchev–Trinajstić information content (AvgIpc) is 3.12. The van der Waals surface area contributed by atoms with Gasteiger partial charge in [0.2, 0.25) is 0 Å². The molecule has 3 nitrogen and oxygen atoms in total. The highest BCUT2D eigenvalue weighted by Crippen LogP contribution is 2.47. The molecule has 18 heavy (non-hydrogen) atoms. The van der Waals surface area contributed by atoms with Crippen LogP contribution in [-0.4, -0.2) is 23.5 Å². The van der Waals surface area contributed by atoms with Gasteiger partial charge in [-0.3, -0.25) is 4.99 Å². The number of halogens is 2. The highest BCUT2D eigenvalue weighted by Gasteiger charge is 2.41. The highest BCUT2D eigenvalue weighted by atomic mass is 32.2. The van der Waals surface area contributed by atoms with E-state index < -0.39 is 11.6 Å². The molecule has 1 aromatic carbocycles. The molecule has 0 saturated heterocycles. The van der Waals surface area contributed by atoms with Gasteiger partial charge in [-0.2, -0.15) is 11.8 Å². The summed E-state index contributed by atoms with van der Waals surface area (Å²) in [5.41, 5.74) is 5.66. The van der Waals surface area contributed by atoms with Crippen LogP contribution in [0.1, 0.15) is 12.8 Å². The summed E-state index contributed by atoms with van der Waals surface area (Å²) >= 11 is 1.77. The number of guanidine groups is 1. The molecule has 1 aliphatic rings. The highest BCUT2D eigenvalue weighted by molar-refractivity contribution is 8.00. The molecule has 0 aliphatic heterocycles. The van der Waals surface area contributed by atoms with Crippen molar-refractivity contribution in [3.8, 4) is 0 Å². The Labute approximate surface area is 109 Å². The smallest absolute Gasteiger partial charge is 0.193 e. The zero-order chi connectivity index (χ0) is 13.2. The van der Waals surface area contributed by atoms with Crippen LogP contribution in [0.2, 0.25) is 0 Å². The summed E-state index contributed by atoms with van der Waals surface area (Å²) in [5.74, 6) is -0.963. The van der Waals surface area contributed by atoms with Gasteiger partial charge >= 0.3 is 0 Å². The third-order valence-electron chi connectivity index (χ3n) is 2.97. The first-order chi connectivity index (χ1) is 8.54. The second-order valence-electron chi connectivity index (χ2n) is 4.34. The first-order valence-corrected chi connectivity index (χ1v) is 6.84. The van der Waals surface area contributed by atoms with Crippen molar-refractivity contribution in [3.63, 3.8) is 0 Å². The topological polar surface area (TPSA) is 50.4 Å². The number of nitrogens with zero attached hydrogens (tertiary/aromatic N) is 1. The standard InChI is InChI=1S/C12H15F2N3S/c1-18-12(4-5-12)7-16-11(15)17-10-6-8(13)2-3-9(10)14/h2-3,6H,4-5,7H2,1H3,(H3,15,16,17). The van der Waals surface area contributed by atoms with E-state index in [1.54, 1.807) is 11.8 Å². The summed E-state index contributed by atoms with van der Waals surface area (Å²) in [6, 6.07) is 3.16. The van der Waals surface area contributed by atoms with Gasteiger partial charge < -0.3 is 11.1 Å². The first-order valence-electron chi connectivity index (χ1n) is 5.62. The molecule has 0 radical (unpaired) electrons. The average molecular weight is 271 g/mol. The van der Waals surface area contributed by atoms with E-state index in [1.807, 2.05) is 6.26 Å². The lowest BCUT2D eigenvalue weighted by atomic mass is 10.3. The summed E-state index contributed by atoms with van der Waals surface area (Å²) in [5, 5.41) is 2.58. The predicted molar refractivity (Wildman–Crippen MR) is 72.0 cm³/mol. The lowest BCUT2D eigenvalue weighted by Crippen LogP contribution is -2.25. The molecule has 1 aliphatic carbocycles. The molecular weight excluding hydrogens is 256 g/mol. The predicted octanol–water partition coefficient (Wildman–Crippen LogP) is 2.59. The maximum absolute atomic E-state index is 13.3. The van der Waals surface area contributed by atoms with Crippen molar-refractivity contribution < 1.29 is 8.78 Å². The fourth-order valence-corrected chi connectivity index (χ4v) is 2.27. The molecule has 1 saturated carbocycles. The van der Waals surface area contributed by atoms with Gasteiger partial charge in [-0.05, 0) is 31.2 Å². The van der Waals surface area contributed by atoms with Crippen molar-refractivity contribution >= 4 is 23.4 Å². The van der Waals surface area contributed by atoms with Gasteiger partial charge in [0.15, 0.2) is 5.96 Å². The number of rotatable bonds is 4. The number of nitrogens with one attached hydrogen (secondary N) is 1. The molecule has 0 amide bonds. The van der Waals surface area contributed by atoms with Crippen molar-refractivity contribution in [2.45, 2.75) is 17.6 Å². The van der Waals surface area contributed by atoms with Crippen LogP contribution in [-0.2, 0) is 0 Å². The summed E-state index contributed by atoms with van der Waals surface area (Å²) in [6.07, 6.45) is 4.29. The number of anilines is 1. The Kier molecular flexibility index (Phi) is 3.75. The molecule has 0 heterocycles. The molecule has 0 aromatic heterocycles. The van der Waals surface area contributed by atoms with Gasteiger partial charge in [-0.25, -0.2) is 8.78 Å². The Morgan fingerprint density at radius 1 is 1.50 bits per heavy atom. The maximum Gasteiger partial charge on any atom is 0.193 e. The van der Waals surface area contributed by atoms with Crippen LogP contribution in [0.3, 0.4) is 0 Å². The molecule has 0 atom stereocenters. The van der Waals surface area contributed by atoms with Crippen molar-refractivity contribution in [2.24, 2.45) is 10.7 Å². The Morgan fingerprint density at radius 2 is 2.22 bits per heavy atom. The number of thioether (sulfide) groups is 1. The lowest BCUT2D eigenvalue weighted by Gasteiger charge is -2.10. The number of aliphatic imine (C=N–C) groups is 1. The van der Waals surface area contributed by atoms with E-state index in [9.17, 15) is 8.78 Å². The van der Waals surface area contributed by atoms with Gasteiger partial charge in [0.25, 0.3) is 0 Å². The first kappa shape index (κ1) is 13.1. The third-order valence-corrected chi connectivity index (χ3v) is 4.37. The van der Waals surface area contributed by atoms with Gasteiger partial charge in [0, 0.05) is 10.8 Å². The summed E-state index contributed by atoms with van der Waals surface area (Å²) < 4.78 is 26.5. The van der Waals surface area contributed by atoms with Crippen LogP contribution in [0, 0.1) is 11.6 Å². The molecule has 1 aromatic rings. The van der Waals surface area contributed by atoms with Gasteiger partial charge in [0.1, 0.15) is 11.6 Å². The van der Waals surface area contributed by atoms with Gasteiger partial charge in [0.05, 0.1) is 12.2 Å². The molecule has 0 spiro atoms. The zero-order valence-electron chi connectivity index (χ0n) is 10.0. The Morgan fingerprint density at radius 3 is 2.83 bits per heavy atom. The third kappa shape index (κ3) is 3.13. The van der Waals surface area contributed by atoms with Crippen LogP contribution in [0.4, 0.5) is 14.5 Å². The molecule has 0 unspecified atom stereocenters. The summed E-state index contributed by atoms with van der Waals surface area (Å²) in [7, 11) is 0. The normalized spacial score (nSPS) is 17.6. The quantitative estimate of drug-likeness (QED) is 0.653. The SMILES string of the molecule is CSC1(CN=C(N)Nc2cc(F)ccc2F)CC1. The second kappa shape index (κ2) is 5.14. The van der Waals surface area contributed by atoms with Crippen LogP contribution in [0.5, 0.6) is 0 Å². The summed E-state index contributed by atoms with van der Waals surface area (Å²) in [6.45, 7) is 0.601. The molecular formula is C12H15F2N3S. The number of nitrogens with two attached hydrogens (primary N) is 1. The van der Waals surface area contributed by atoms with E-state index in [1.165, 1.54) is 0 Å². The Bertz CT molecular complexity index is 472. The molecule has 6 heteroatoms. The van der Waals surface area contributed by atoms with Crippen molar-refractivity contribution in [1.29, 1.82) is 0 Å². The van der Waals surface area contributed by atoms with E-state index in [0.717, 1.165) is 31.0 Å². The van der Waals surface area contributed by atoms with Crippen LogP contribution >= 0.6 is 11.8 Å². The lowest BCUT2D eigenvalue weighted by molar-refractivity contribution is 0.604. The van der Waals surface area contributed by atoms with E-state index in [0.29, 0.717) is 6.54 Å². The molecule has 98 valence electrons. The summed E-state index contributed by atoms with van der Waals surface area (Å²) in [4.78, 5) is 4.17. The minimum Gasteiger partial charge on any atom is -0.370 e. The molecule has 3 N–H and O–H groups in total. The number of benzene rings is 1. The molecule has 1 fully saturated rings. The minimum absolute atomic E-state index is 0.00486. The van der Waals surface area contributed by atoms with Crippen molar-refractivity contribution in [2.75, 3.05) is 18.1 Å². The molecule has 2 rings (SSSR count). The minimum atomic E-state index is -0.555. The van der Waals surface area contributed by atoms with Crippen LogP contribution in [0.15, 0.2) is 23.2 Å². The fourth-order valence-electron chi connectivity index (χ4n) is 1.57. The Balaban J connectivity index is 2.00. The van der Waals surface area contributed by atoms with E-state index in [4.69, 9.17) is 5.73 Å². The second-order valence-corrected chi connectivity index (χ2v) is 5.61. The largest absolute Gasteiger partial charge is 0.370 e. The van der Waals surface area contributed by atoms with Crippen LogP contribution < -0.4 is 11.1 Å². The molecule has 0 bridgehead atoms. The van der Waals surface area contributed by atoms with E-state index in [-0.39, 0.29) is 16.4 Å². The monoisotopic (exact) mass is 271 g/mol. The van der Waals surface area contributed by atoms with E-state index >= 15 is 0 Å². The number of hydrogen-bond acceptors (Lipinski definition) is 2. The van der Waals surface area contributed by atoms with Gasteiger partial charge in [-0.15, -0.1) is 0 Å². The number of hydrogen-bond donors (Lipinski definition) is 2. The maximum atomic E-state index is 13.3. The Hall–Kier alpha value is -1.30. The van der Waals surface area contributed by atoms with E-state index in [2.05, 4.69) is 10.3 Å². The van der Waals surface area contributed by atoms with Crippen molar-refractivity contribution in [3.05, 3.63) is 29.8 Å². The van der Waals surface area contributed by atoms with Crippen molar-refractivity contribution in [1.82, 2.24) is 0 Å². The van der Waals surface area contributed by atoms with Crippen LogP contribution in [0.25, 0.3) is 0 Å². The fraction of sp³-hybridized carbons (Fsp3) is 0.417.